The molecule has 1 atom stereocenters. The van der Waals surface area contributed by atoms with E-state index in [9.17, 15) is 4.79 Å². The molecule has 4 nitrogen and oxygen atoms in total. The number of rotatable bonds is 5. The monoisotopic (exact) mass is 275 g/mol. The van der Waals surface area contributed by atoms with Crippen LogP contribution in [-0.2, 0) is 4.79 Å². The van der Waals surface area contributed by atoms with Crippen molar-refractivity contribution in [3.05, 3.63) is 29.8 Å². The zero-order valence-electron chi connectivity index (χ0n) is 12.7. The van der Waals surface area contributed by atoms with Gasteiger partial charge in [0.15, 0.2) is 0 Å². The van der Waals surface area contributed by atoms with E-state index in [1.165, 1.54) is 11.3 Å². The molecule has 1 aromatic carbocycles. The third-order valence-corrected chi connectivity index (χ3v) is 3.81. The molecule has 20 heavy (non-hydrogen) atoms. The van der Waals surface area contributed by atoms with Gasteiger partial charge < -0.3 is 15.1 Å². The number of fused-ring (bicyclic) bond motifs is 1. The van der Waals surface area contributed by atoms with E-state index in [2.05, 4.69) is 35.3 Å². The fourth-order valence-electron chi connectivity index (χ4n) is 2.63. The average molecular weight is 275 g/mol. The first kappa shape index (κ1) is 14.9. The maximum absolute atomic E-state index is 11.9. The van der Waals surface area contributed by atoms with Crippen molar-refractivity contribution >= 4 is 11.6 Å². The average Bonchev–Trinajstić information content (AvgIpc) is 2.46. The fraction of sp³-hybridized carbons (Fsp3) is 0.562. The molecule has 0 aliphatic carbocycles. The SMILES string of the molecule is CCCNC1CCN(CC(=O)N(C)C)c2ccccc21. The summed E-state index contributed by atoms with van der Waals surface area (Å²) in [6.07, 6.45) is 2.19. The molecular formula is C16H25N3O. The first-order chi connectivity index (χ1) is 9.63. The summed E-state index contributed by atoms with van der Waals surface area (Å²) in [6, 6.07) is 8.84. The highest BCUT2D eigenvalue weighted by atomic mass is 16.2. The van der Waals surface area contributed by atoms with Crippen LogP contribution in [0, 0.1) is 0 Å². The van der Waals surface area contributed by atoms with Crippen molar-refractivity contribution in [3.8, 4) is 0 Å². The lowest BCUT2D eigenvalue weighted by Crippen LogP contribution is -2.42. The highest BCUT2D eigenvalue weighted by Crippen LogP contribution is 2.33. The van der Waals surface area contributed by atoms with E-state index in [0.29, 0.717) is 12.6 Å². The van der Waals surface area contributed by atoms with Gasteiger partial charge in [-0.1, -0.05) is 25.1 Å². The Morgan fingerprint density at radius 3 is 2.85 bits per heavy atom. The summed E-state index contributed by atoms with van der Waals surface area (Å²) in [7, 11) is 3.62. The summed E-state index contributed by atoms with van der Waals surface area (Å²) >= 11 is 0. The Balaban J connectivity index is 2.16. The Morgan fingerprint density at radius 2 is 2.15 bits per heavy atom. The van der Waals surface area contributed by atoms with Gasteiger partial charge in [0.05, 0.1) is 6.54 Å². The summed E-state index contributed by atoms with van der Waals surface area (Å²) in [6.45, 7) is 4.61. The molecule has 1 aliphatic rings. The van der Waals surface area contributed by atoms with E-state index in [1.807, 2.05) is 20.2 Å². The van der Waals surface area contributed by atoms with Crippen LogP contribution in [0.1, 0.15) is 31.4 Å². The number of hydrogen-bond acceptors (Lipinski definition) is 3. The minimum atomic E-state index is 0.153. The lowest BCUT2D eigenvalue weighted by molar-refractivity contribution is -0.127. The molecule has 4 heteroatoms. The number of benzene rings is 1. The maximum Gasteiger partial charge on any atom is 0.241 e. The fourth-order valence-corrected chi connectivity index (χ4v) is 2.63. The van der Waals surface area contributed by atoms with Crippen molar-refractivity contribution in [1.29, 1.82) is 0 Å². The van der Waals surface area contributed by atoms with Crippen LogP contribution in [0.25, 0.3) is 0 Å². The summed E-state index contributed by atoms with van der Waals surface area (Å²) < 4.78 is 0. The third kappa shape index (κ3) is 3.31. The zero-order chi connectivity index (χ0) is 14.5. The van der Waals surface area contributed by atoms with Gasteiger partial charge in [-0.25, -0.2) is 0 Å². The number of carbonyl (C=O) groups is 1. The van der Waals surface area contributed by atoms with E-state index in [-0.39, 0.29) is 5.91 Å². The molecule has 0 fully saturated rings. The molecule has 1 amide bonds. The van der Waals surface area contributed by atoms with E-state index in [4.69, 9.17) is 0 Å². The number of para-hydroxylation sites is 1. The van der Waals surface area contributed by atoms with Crippen molar-refractivity contribution in [2.24, 2.45) is 0 Å². The molecule has 1 heterocycles. The van der Waals surface area contributed by atoms with Gasteiger partial charge in [0.2, 0.25) is 5.91 Å². The molecule has 0 saturated carbocycles. The molecule has 1 N–H and O–H groups in total. The van der Waals surface area contributed by atoms with Crippen LogP contribution in [0.5, 0.6) is 0 Å². The topological polar surface area (TPSA) is 35.6 Å². The molecule has 0 radical (unpaired) electrons. The Labute approximate surface area is 121 Å². The van der Waals surface area contributed by atoms with Crippen LogP contribution in [0.4, 0.5) is 5.69 Å². The van der Waals surface area contributed by atoms with Crippen molar-refractivity contribution in [1.82, 2.24) is 10.2 Å². The van der Waals surface area contributed by atoms with Crippen LogP contribution in [0.3, 0.4) is 0 Å². The van der Waals surface area contributed by atoms with E-state index < -0.39 is 0 Å². The van der Waals surface area contributed by atoms with Gasteiger partial charge in [-0.2, -0.15) is 0 Å². The number of hydrogen-bond donors (Lipinski definition) is 1. The molecule has 0 aromatic heterocycles. The van der Waals surface area contributed by atoms with Crippen LogP contribution in [-0.4, -0.2) is 44.5 Å². The second-order valence-corrected chi connectivity index (χ2v) is 5.56. The van der Waals surface area contributed by atoms with Crippen LogP contribution >= 0.6 is 0 Å². The minimum Gasteiger partial charge on any atom is -0.362 e. The number of carbonyl (C=O) groups excluding carboxylic acids is 1. The molecule has 1 unspecified atom stereocenters. The molecule has 110 valence electrons. The molecular weight excluding hydrogens is 250 g/mol. The number of amides is 1. The normalized spacial score (nSPS) is 17.8. The van der Waals surface area contributed by atoms with E-state index in [0.717, 1.165) is 25.9 Å². The molecule has 1 aromatic rings. The van der Waals surface area contributed by atoms with Gasteiger partial charge in [0.25, 0.3) is 0 Å². The highest BCUT2D eigenvalue weighted by molar-refractivity contribution is 5.81. The number of likely N-dealkylation sites (N-methyl/N-ethyl adjacent to an activating group) is 1. The maximum atomic E-state index is 11.9. The predicted molar refractivity (Wildman–Crippen MR) is 83.0 cm³/mol. The quantitative estimate of drug-likeness (QED) is 0.893. The van der Waals surface area contributed by atoms with Crippen molar-refractivity contribution < 1.29 is 4.79 Å². The largest absolute Gasteiger partial charge is 0.362 e. The van der Waals surface area contributed by atoms with Crippen LogP contribution < -0.4 is 10.2 Å². The molecule has 0 bridgehead atoms. The Bertz CT molecular complexity index is 459. The number of nitrogens with zero attached hydrogens (tertiary/aromatic N) is 2. The number of anilines is 1. The third-order valence-electron chi connectivity index (χ3n) is 3.81. The Kier molecular flexibility index (Phi) is 5.01. The smallest absolute Gasteiger partial charge is 0.241 e. The van der Waals surface area contributed by atoms with Crippen molar-refractivity contribution in [2.45, 2.75) is 25.8 Å². The van der Waals surface area contributed by atoms with Crippen molar-refractivity contribution in [3.63, 3.8) is 0 Å². The van der Waals surface area contributed by atoms with Crippen LogP contribution in [0.15, 0.2) is 24.3 Å². The highest BCUT2D eigenvalue weighted by Gasteiger charge is 2.25. The zero-order valence-corrected chi connectivity index (χ0v) is 12.7. The summed E-state index contributed by atoms with van der Waals surface area (Å²) in [5.41, 5.74) is 2.52. The lowest BCUT2D eigenvalue weighted by atomic mass is 9.96. The van der Waals surface area contributed by atoms with Gasteiger partial charge in [-0.05, 0) is 31.0 Å². The minimum absolute atomic E-state index is 0.153. The first-order valence-electron chi connectivity index (χ1n) is 7.41. The molecule has 1 aliphatic heterocycles. The lowest BCUT2D eigenvalue weighted by Gasteiger charge is -2.36. The van der Waals surface area contributed by atoms with Gasteiger partial charge in [0.1, 0.15) is 0 Å². The van der Waals surface area contributed by atoms with Gasteiger partial charge in [0, 0.05) is 32.4 Å². The molecule has 0 spiro atoms. The second kappa shape index (κ2) is 6.75. The standard InChI is InChI=1S/C16H25N3O/c1-4-10-17-14-9-11-19(12-16(20)18(2)3)15-8-6-5-7-13(14)15/h5-8,14,17H,4,9-12H2,1-3H3. The predicted octanol–water partition coefficient (Wildman–Crippen LogP) is 2.03. The second-order valence-electron chi connectivity index (χ2n) is 5.56. The van der Waals surface area contributed by atoms with E-state index >= 15 is 0 Å². The first-order valence-corrected chi connectivity index (χ1v) is 7.41. The number of nitrogens with one attached hydrogen (secondary N) is 1. The summed E-state index contributed by atoms with van der Waals surface area (Å²) in [4.78, 5) is 15.8. The molecule has 0 saturated heterocycles. The van der Waals surface area contributed by atoms with Crippen molar-refractivity contribution in [2.75, 3.05) is 38.6 Å². The van der Waals surface area contributed by atoms with Gasteiger partial charge >= 0.3 is 0 Å². The van der Waals surface area contributed by atoms with E-state index in [1.54, 1.807) is 4.90 Å². The Hall–Kier alpha value is -1.55. The summed E-state index contributed by atoms with van der Waals surface area (Å²) in [5.74, 6) is 0.153. The summed E-state index contributed by atoms with van der Waals surface area (Å²) in [5, 5.41) is 3.60. The molecule has 2 rings (SSSR count). The Morgan fingerprint density at radius 1 is 1.40 bits per heavy atom. The van der Waals surface area contributed by atoms with Crippen LogP contribution in [0.2, 0.25) is 0 Å². The van der Waals surface area contributed by atoms with Gasteiger partial charge in [-0.3, -0.25) is 4.79 Å². The van der Waals surface area contributed by atoms with Gasteiger partial charge in [-0.15, -0.1) is 0 Å².